The Hall–Kier alpha value is -4.40. The van der Waals surface area contributed by atoms with Crippen molar-refractivity contribution in [3.63, 3.8) is 0 Å². The fraction of sp³-hybridized carbons (Fsp3) is 0.250. The number of allylic oxidation sites excluding steroid dienone is 2. The third-order valence-electron chi connectivity index (χ3n) is 11.8. The van der Waals surface area contributed by atoms with Crippen LogP contribution in [-0.2, 0) is 5.41 Å². The number of hydrogen-bond donors (Lipinski definition) is 0. The Labute approximate surface area is 283 Å². The first-order valence-electron chi connectivity index (χ1n) is 17.3. The number of nitrogens with zero attached hydrogens (tertiary/aromatic N) is 2. The summed E-state index contributed by atoms with van der Waals surface area (Å²) in [4.78, 5) is 6.76. The Balaban J connectivity index is 1.19. The monoisotopic (exact) mass is 630 g/mol. The minimum Gasteiger partial charge on any atom is -0.337 e. The van der Waals surface area contributed by atoms with Crippen molar-refractivity contribution in [3.05, 3.63) is 156 Å². The van der Waals surface area contributed by atoms with Gasteiger partial charge in [-0.25, -0.2) is 0 Å². The third kappa shape index (κ3) is 4.64. The Morgan fingerprint density at radius 3 is 2.09 bits per heavy atom. The first-order valence-corrected chi connectivity index (χ1v) is 17.7. The Morgan fingerprint density at radius 1 is 0.702 bits per heavy atom. The summed E-state index contributed by atoms with van der Waals surface area (Å²) in [6.07, 6.45) is 15.0. The molecule has 1 heterocycles. The van der Waals surface area contributed by atoms with E-state index in [4.69, 9.17) is 11.6 Å². The van der Waals surface area contributed by atoms with Gasteiger partial charge in [-0.15, -0.1) is 0 Å². The number of rotatable bonds is 7. The van der Waals surface area contributed by atoms with Crippen molar-refractivity contribution in [2.24, 2.45) is 23.7 Å². The van der Waals surface area contributed by atoms with E-state index in [1.165, 1.54) is 65.7 Å². The molecule has 3 heteroatoms. The van der Waals surface area contributed by atoms with Crippen molar-refractivity contribution in [3.8, 4) is 22.3 Å². The highest BCUT2D eigenvalue weighted by atomic mass is 35.5. The zero-order chi connectivity index (χ0) is 31.4. The number of fused-ring (bicyclic) bond motifs is 3. The van der Waals surface area contributed by atoms with E-state index in [0.29, 0.717) is 11.8 Å². The van der Waals surface area contributed by atoms with Crippen LogP contribution in [0.25, 0.3) is 27.8 Å². The molecule has 5 aliphatic carbocycles. The number of aromatic nitrogens is 1. The van der Waals surface area contributed by atoms with Crippen molar-refractivity contribution in [2.75, 3.05) is 11.4 Å². The van der Waals surface area contributed by atoms with Gasteiger partial charge in [0.1, 0.15) is 0 Å². The second kappa shape index (κ2) is 11.7. The van der Waals surface area contributed by atoms with Gasteiger partial charge < -0.3 is 4.90 Å². The number of halogens is 1. The predicted molar refractivity (Wildman–Crippen MR) is 196 cm³/mol. The van der Waals surface area contributed by atoms with Gasteiger partial charge in [-0.1, -0.05) is 103 Å². The van der Waals surface area contributed by atoms with Crippen LogP contribution in [0, 0.1) is 23.7 Å². The zero-order valence-electron chi connectivity index (χ0n) is 26.6. The van der Waals surface area contributed by atoms with E-state index < -0.39 is 0 Å². The molecule has 1 spiro atoms. The van der Waals surface area contributed by atoms with E-state index in [1.807, 2.05) is 24.5 Å². The summed E-state index contributed by atoms with van der Waals surface area (Å²) < 4.78 is 0. The number of anilines is 2. The summed E-state index contributed by atoms with van der Waals surface area (Å²) in [6, 6.07) is 40.4. The molecular weight excluding hydrogens is 592 g/mol. The van der Waals surface area contributed by atoms with Gasteiger partial charge in [0, 0.05) is 41.3 Å². The Morgan fingerprint density at radius 2 is 1.36 bits per heavy atom. The summed E-state index contributed by atoms with van der Waals surface area (Å²) >= 11 is 6.38. The van der Waals surface area contributed by atoms with E-state index in [-0.39, 0.29) is 5.41 Å². The predicted octanol–water partition coefficient (Wildman–Crippen LogP) is 11.4. The third-order valence-corrected chi connectivity index (χ3v) is 12.1. The molecule has 0 unspecified atom stereocenters. The topological polar surface area (TPSA) is 16.1 Å². The minimum atomic E-state index is 0.0835. The Bertz CT molecular complexity index is 1950. The van der Waals surface area contributed by atoms with E-state index in [0.717, 1.165) is 29.5 Å². The lowest BCUT2D eigenvalue weighted by atomic mass is 9.43. The van der Waals surface area contributed by atoms with E-state index in [2.05, 4.69) is 119 Å². The molecule has 4 bridgehead atoms. The SMILES string of the molecule is Cl/C=C(\C=C/CN(c1ccc(-c2ccccc2)cc1)c1cccc2c1C1(c3ccccc3-2)C2CC3CC(C2)CC1C3)c1ccncc1. The smallest absolute Gasteiger partial charge is 0.0461 e. The highest BCUT2D eigenvalue weighted by Crippen LogP contribution is 2.70. The van der Waals surface area contributed by atoms with Gasteiger partial charge in [0.2, 0.25) is 0 Å². The standard InChI is InChI=1S/C44H39ClN2/c45-29-35(34-19-21-46-22-20-34)10-7-23-47(38-17-15-33(16-18-38)32-8-2-1-3-9-32)42-14-6-12-40-39-11-4-5-13-41(39)44(43(40)42)36-25-30-24-31(27-36)28-37(44)26-30/h1-22,29-31,36-37H,23-28H2/b10-7-,35-29+. The molecule has 47 heavy (non-hydrogen) atoms. The molecule has 1 aromatic heterocycles. The lowest BCUT2D eigenvalue weighted by Gasteiger charge is -2.61. The second-order valence-electron chi connectivity index (χ2n) is 14.1. The molecule has 0 N–H and O–H groups in total. The van der Waals surface area contributed by atoms with Crippen LogP contribution in [0.3, 0.4) is 0 Å². The molecule has 5 aliphatic rings. The molecule has 2 nitrogen and oxygen atoms in total. The highest BCUT2D eigenvalue weighted by molar-refractivity contribution is 6.28. The first-order chi connectivity index (χ1) is 23.2. The number of hydrogen-bond acceptors (Lipinski definition) is 2. The molecule has 4 aromatic carbocycles. The van der Waals surface area contributed by atoms with E-state index in [9.17, 15) is 0 Å². The van der Waals surface area contributed by atoms with Crippen LogP contribution in [0.4, 0.5) is 11.4 Å². The molecule has 10 rings (SSSR count). The minimum absolute atomic E-state index is 0.0835. The van der Waals surface area contributed by atoms with E-state index >= 15 is 0 Å². The fourth-order valence-corrected chi connectivity index (χ4v) is 10.4. The number of pyridine rings is 1. The maximum absolute atomic E-state index is 6.38. The molecule has 0 radical (unpaired) electrons. The van der Waals surface area contributed by atoms with Crippen LogP contribution in [-0.4, -0.2) is 11.5 Å². The van der Waals surface area contributed by atoms with Gasteiger partial charge in [0.25, 0.3) is 0 Å². The van der Waals surface area contributed by atoms with E-state index in [1.54, 1.807) is 16.7 Å². The molecule has 5 aromatic rings. The quantitative estimate of drug-likeness (QED) is 0.166. The molecule has 0 saturated heterocycles. The van der Waals surface area contributed by atoms with Crippen molar-refractivity contribution >= 4 is 28.5 Å². The molecular formula is C44H39ClN2. The molecule has 0 atom stereocenters. The highest BCUT2D eigenvalue weighted by Gasteiger charge is 2.62. The maximum Gasteiger partial charge on any atom is 0.0461 e. The van der Waals surface area contributed by atoms with Gasteiger partial charge in [0.15, 0.2) is 0 Å². The van der Waals surface area contributed by atoms with Crippen LogP contribution >= 0.6 is 11.6 Å². The lowest BCUT2D eigenvalue weighted by molar-refractivity contribution is -0.0397. The summed E-state index contributed by atoms with van der Waals surface area (Å²) in [5.74, 6) is 3.23. The molecule has 4 fully saturated rings. The summed E-state index contributed by atoms with van der Waals surface area (Å²) in [5, 5.41) is 0. The molecule has 0 aliphatic heterocycles. The van der Waals surface area contributed by atoms with Crippen LogP contribution in [0.1, 0.15) is 48.8 Å². The maximum atomic E-state index is 6.38. The second-order valence-corrected chi connectivity index (χ2v) is 14.4. The van der Waals surface area contributed by atoms with Gasteiger partial charge in [0.05, 0.1) is 0 Å². The van der Waals surface area contributed by atoms with Crippen LogP contribution in [0.5, 0.6) is 0 Å². The van der Waals surface area contributed by atoms with Crippen molar-refractivity contribution in [1.29, 1.82) is 0 Å². The van der Waals surface area contributed by atoms with Crippen molar-refractivity contribution in [1.82, 2.24) is 4.98 Å². The summed E-state index contributed by atoms with van der Waals surface area (Å²) in [5.41, 5.74) is 14.9. The van der Waals surface area contributed by atoms with Gasteiger partial charge >= 0.3 is 0 Å². The van der Waals surface area contributed by atoms with Crippen molar-refractivity contribution < 1.29 is 0 Å². The largest absolute Gasteiger partial charge is 0.337 e. The average Bonchev–Trinajstić information content (AvgIpc) is 3.43. The van der Waals surface area contributed by atoms with Crippen LogP contribution < -0.4 is 4.90 Å². The van der Waals surface area contributed by atoms with Gasteiger partial charge in [-0.3, -0.25) is 4.98 Å². The van der Waals surface area contributed by atoms with Gasteiger partial charge in [-0.2, -0.15) is 0 Å². The summed E-state index contributed by atoms with van der Waals surface area (Å²) in [6.45, 7) is 0.730. The number of benzene rings is 4. The Kier molecular flexibility index (Phi) is 7.16. The van der Waals surface area contributed by atoms with Gasteiger partial charge in [-0.05, 0) is 131 Å². The lowest BCUT2D eigenvalue weighted by Crippen LogP contribution is -2.55. The molecule has 0 amide bonds. The first kappa shape index (κ1) is 28.8. The van der Waals surface area contributed by atoms with Crippen LogP contribution in [0.2, 0.25) is 0 Å². The van der Waals surface area contributed by atoms with Crippen LogP contribution in [0.15, 0.2) is 139 Å². The van der Waals surface area contributed by atoms with Crippen molar-refractivity contribution in [2.45, 2.75) is 37.5 Å². The fourth-order valence-electron chi connectivity index (χ4n) is 10.2. The summed E-state index contributed by atoms with van der Waals surface area (Å²) in [7, 11) is 0. The molecule has 4 saturated carbocycles. The normalized spacial score (nSPS) is 25.3. The average molecular weight is 631 g/mol. The molecule has 232 valence electrons. The zero-order valence-corrected chi connectivity index (χ0v) is 27.4.